The molecule has 0 fully saturated rings. The highest BCUT2D eigenvalue weighted by Crippen LogP contribution is 2.04. The Bertz CT molecular complexity index is 139. The fraction of sp³-hybridized carbons (Fsp3) is 0.846. The van der Waals surface area contributed by atoms with E-state index in [9.17, 15) is 0 Å². The molecule has 0 amide bonds. The highest BCUT2D eigenvalue weighted by atomic mass is 32.2. The van der Waals surface area contributed by atoms with Gasteiger partial charge in [0.1, 0.15) is 0 Å². The van der Waals surface area contributed by atoms with Gasteiger partial charge in [-0.15, -0.1) is 6.58 Å². The third-order valence-electron chi connectivity index (χ3n) is 2.53. The van der Waals surface area contributed by atoms with Crippen molar-refractivity contribution in [3.05, 3.63) is 12.7 Å². The van der Waals surface area contributed by atoms with Crippen molar-refractivity contribution in [3.8, 4) is 0 Å². The van der Waals surface area contributed by atoms with Gasteiger partial charge in [-0.2, -0.15) is 11.8 Å². The van der Waals surface area contributed by atoms with Crippen LogP contribution in [0.1, 0.15) is 32.6 Å². The lowest BCUT2D eigenvalue weighted by molar-refractivity contribution is 0.312. The summed E-state index contributed by atoms with van der Waals surface area (Å²) in [5, 5.41) is 0. The molecule has 0 bridgehead atoms. The second kappa shape index (κ2) is 13.1. The van der Waals surface area contributed by atoms with Gasteiger partial charge in [-0.3, -0.25) is 4.90 Å². The lowest BCUT2D eigenvalue weighted by Crippen LogP contribution is -2.27. The molecule has 96 valence electrons. The van der Waals surface area contributed by atoms with E-state index < -0.39 is 0 Å². The summed E-state index contributed by atoms with van der Waals surface area (Å²) in [6.45, 7) is 10.3. The molecule has 0 heterocycles. The van der Waals surface area contributed by atoms with E-state index in [0.717, 1.165) is 18.8 Å². The third-order valence-corrected chi connectivity index (χ3v) is 3.52. The standard InChI is InChI=1S/C13H28N2S/c1-3-5-6-7-10-15(9-4-2)11-13-16-12-8-14/h4H,2-3,5-14H2,1H3. The number of nitrogens with two attached hydrogens (primary N) is 1. The van der Waals surface area contributed by atoms with Crippen LogP contribution in [0.15, 0.2) is 12.7 Å². The molecular weight excluding hydrogens is 216 g/mol. The van der Waals surface area contributed by atoms with Gasteiger partial charge in [0.2, 0.25) is 0 Å². The first-order chi connectivity index (χ1) is 7.85. The molecule has 0 spiro atoms. The summed E-state index contributed by atoms with van der Waals surface area (Å²) in [5.74, 6) is 2.27. The quantitative estimate of drug-likeness (QED) is 0.423. The molecule has 0 aliphatic heterocycles. The molecule has 0 saturated carbocycles. The van der Waals surface area contributed by atoms with Gasteiger partial charge in [-0.1, -0.05) is 32.3 Å². The Morgan fingerprint density at radius 3 is 2.62 bits per heavy atom. The summed E-state index contributed by atoms with van der Waals surface area (Å²) in [7, 11) is 0. The van der Waals surface area contributed by atoms with Crippen molar-refractivity contribution in [2.75, 3.05) is 37.7 Å². The van der Waals surface area contributed by atoms with Gasteiger partial charge in [-0.25, -0.2) is 0 Å². The molecule has 0 radical (unpaired) electrons. The van der Waals surface area contributed by atoms with E-state index in [-0.39, 0.29) is 0 Å². The first-order valence-corrected chi connectivity index (χ1v) is 7.61. The van der Waals surface area contributed by atoms with Gasteiger partial charge < -0.3 is 5.73 Å². The van der Waals surface area contributed by atoms with Crippen molar-refractivity contribution in [2.24, 2.45) is 5.73 Å². The zero-order chi connectivity index (χ0) is 12.1. The Labute approximate surface area is 106 Å². The van der Waals surface area contributed by atoms with Crippen molar-refractivity contribution in [1.82, 2.24) is 4.90 Å². The second-order valence-corrected chi connectivity index (χ2v) is 5.28. The molecule has 0 atom stereocenters. The Hall–Kier alpha value is 0.01000. The lowest BCUT2D eigenvalue weighted by Gasteiger charge is -2.20. The van der Waals surface area contributed by atoms with E-state index in [2.05, 4.69) is 18.4 Å². The minimum absolute atomic E-state index is 0.794. The fourth-order valence-electron chi connectivity index (χ4n) is 1.62. The minimum atomic E-state index is 0.794. The Morgan fingerprint density at radius 2 is 2.00 bits per heavy atom. The van der Waals surface area contributed by atoms with Gasteiger partial charge in [-0.05, 0) is 13.0 Å². The maximum Gasteiger partial charge on any atom is 0.0160 e. The number of nitrogens with zero attached hydrogens (tertiary/aromatic N) is 1. The molecular formula is C13H28N2S. The van der Waals surface area contributed by atoms with E-state index in [1.54, 1.807) is 0 Å². The minimum Gasteiger partial charge on any atom is -0.330 e. The highest BCUT2D eigenvalue weighted by molar-refractivity contribution is 7.99. The first-order valence-electron chi connectivity index (χ1n) is 6.46. The Morgan fingerprint density at radius 1 is 1.19 bits per heavy atom. The van der Waals surface area contributed by atoms with Gasteiger partial charge in [0.05, 0.1) is 0 Å². The molecule has 0 aromatic carbocycles. The summed E-state index contributed by atoms with van der Waals surface area (Å²) >= 11 is 1.95. The summed E-state index contributed by atoms with van der Waals surface area (Å²) in [6, 6.07) is 0. The van der Waals surface area contributed by atoms with E-state index in [4.69, 9.17) is 5.73 Å². The zero-order valence-electron chi connectivity index (χ0n) is 10.8. The molecule has 0 aromatic rings. The summed E-state index contributed by atoms with van der Waals surface area (Å²) in [4.78, 5) is 2.49. The van der Waals surface area contributed by atoms with Crippen LogP contribution in [0.4, 0.5) is 0 Å². The highest BCUT2D eigenvalue weighted by Gasteiger charge is 2.02. The van der Waals surface area contributed by atoms with Crippen LogP contribution in [-0.4, -0.2) is 42.6 Å². The van der Waals surface area contributed by atoms with Crippen LogP contribution in [0.3, 0.4) is 0 Å². The van der Waals surface area contributed by atoms with Crippen LogP contribution in [0.2, 0.25) is 0 Å². The van der Waals surface area contributed by atoms with Crippen molar-refractivity contribution in [1.29, 1.82) is 0 Å². The average molecular weight is 244 g/mol. The normalized spacial score (nSPS) is 10.9. The van der Waals surface area contributed by atoms with Crippen molar-refractivity contribution in [2.45, 2.75) is 32.6 Å². The van der Waals surface area contributed by atoms with Crippen molar-refractivity contribution >= 4 is 11.8 Å². The number of hydrogen-bond acceptors (Lipinski definition) is 3. The van der Waals surface area contributed by atoms with E-state index in [0.29, 0.717) is 0 Å². The summed E-state index contributed by atoms with van der Waals surface area (Å²) in [6.07, 6.45) is 7.37. The monoisotopic (exact) mass is 244 g/mol. The van der Waals surface area contributed by atoms with E-state index in [1.807, 2.05) is 17.8 Å². The fourth-order valence-corrected chi connectivity index (χ4v) is 2.38. The van der Waals surface area contributed by atoms with Gasteiger partial charge in [0, 0.05) is 31.1 Å². The van der Waals surface area contributed by atoms with Gasteiger partial charge in [0.25, 0.3) is 0 Å². The lowest BCUT2D eigenvalue weighted by atomic mass is 10.2. The van der Waals surface area contributed by atoms with Crippen LogP contribution in [0, 0.1) is 0 Å². The topological polar surface area (TPSA) is 29.3 Å². The van der Waals surface area contributed by atoms with Crippen molar-refractivity contribution < 1.29 is 0 Å². The molecule has 0 aromatic heterocycles. The van der Waals surface area contributed by atoms with Crippen LogP contribution in [0.5, 0.6) is 0 Å². The molecule has 0 unspecified atom stereocenters. The number of unbranched alkanes of at least 4 members (excludes halogenated alkanes) is 3. The molecule has 2 nitrogen and oxygen atoms in total. The largest absolute Gasteiger partial charge is 0.330 e. The predicted molar refractivity (Wildman–Crippen MR) is 77.2 cm³/mol. The third kappa shape index (κ3) is 10.5. The van der Waals surface area contributed by atoms with Crippen LogP contribution in [0.25, 0.3) is 0 Å². The van der Waals surface area contributed by atoms with Crippen LogP contribution in [-0.2, 0) is 0 Å². The van der Waals surface area contributed by atoms with Gasteiger partial charge >= 0.3 is 0 Å². The molecule has 0 saturated heterocycles. The SMILES string of the molecule is C=CCN(CCCCCC)CCSCCN. The Balaban J connectivity index is 3.49. The summed E-state index contributed by atoms with van der Waals surface area (Å²) in [5.41, 5.74) is 5.47. The summed E-state index contributed by atoms with van der Waals surface area (Å²) < 4.78 is 0. The molecule has 2 N–H and O–H groups in total. The molecule has 0 aliphatic carbocycles. The maximum absolute atomic E-state index is 5.47. The number of hydrogen-bond donors (Lipinski definition) is 1. The van der Waals surface area contributed by atoms with E-state index >= 15 is 0 Å². The maximum atomic E-state index is 5.47. The van der Waals surface area contributed by atoms with Gasteiger partial charge in [0.15, 0.2) is 0 Å². The Kier molecular flexibility index (Phi) is 13.1. The molecule has 0 rings (SSSR count). The number of rotatable bonds is 12. The molecule has 16 heavy (non-hydrogen) atoms. The van der Waals surface area contributed by atoms with Crippen molar-refractivity contribution in [3.63, 3.8) is 0 Å². The number of thioether (sulfide) groups is 1. The zero-order valence-corrected chi connectivity index (χ0v) is 11.6. The van der Waals surface area contributed by atoms with Crippen LogP contribution >= 0.6 is 11.8 Å². The second-order valence-electron chi connectivity index (χ2n) is 4.05. The first kappa shape index (κ1) is 16.0. The average Bonchev–Trinajstić information content (AvgIpc) is 2.30. The smallest absolute Gasteiger partial charge is 0.0160 e. The van der Waals surface area contributed by atoms with E-state index in [1.165, 1.54) is 44.5 Å². The van der Waals surface area contributed by atoms with Crippen LogP contribution < -0.4 is 5.73 Å². The predicted octanol–water partition coefficient (Wildman–Crippen LogP) is 2.75. The molecule has 3 heteroatoms. The molecule has 0 aliphatic rings.